The van der Waals surface area contributed by atoms with Gasteiger partial charge in [0.15, 0.2) is 0 Å². The van der Waals surface area contributed by atoms with Gasteiger partial charge >= 0.3 is 6.09 Å². The number of nitriles is 1. The van der Waals surface area contributed by atoms with E-state index in [-0.39, 0.29) is 0 Å². The summed E-state index contributed by atoms with van der Waals surface area (Å²) in [5.41, 5.74) is 1.48. The van der Waals surface area contributed by atoms with Gasteiger partial charge in [0.1, 0.15) is 6.07 Å². The van der Waals surface area contributed by atoms with E-state index in [1.807, 2.05) is 41.4 Å². The molecular formula is C14H15N3O2. The average molecular weight is 257 g/mol. The first kappa shape index (κ1) is 13.0. The van der Waals surface area contributed by atoms with Crippen LogP contribution in [0.3, 0.4) is 0 Å². The van der Waals surface area contributed by atoms with Crippen molar-refractivity contribution < 1.29 is 9.90 Å². The SMILES string of the molecule is N#C/C(=C\N1CCN(C(=O)O)CC1)c1ccccc1. The van der Waals surface area contributed by atoms with Gasteiger partial charge in [-0.3, -0.25) is 0 Å². The lowest BCUT2D eigenvalue weighted by molar-refractivity contribution is 0.120. The van der Waals surface area contributed by atoms with Gasteiger partial charge in [0.05, 0.1) is 5.57 Å². The van der Waals surface area contributed by atoms with Gasteiger partial charge in [-0.15, -0.1) is 0 Å². The van der Waals surface area contributed by atoms with E-state index in [9.17, 15) is 10.1 Å². The molecular weight excluding hydrogens is 242 g/mol. The van der Waals surface area contributed by atoms with Gasteiger partial charge in [-0.05, 0) is 5.56 Å². The monoisotopic (exact) mass is 257 g/mol. The minimum Gasteiger partial charge on any atom is -0.465 e. The van der Waals surface area contributed by atoms with Crippen molar-refractivity contribution >= 4 is 11.7 Å². The molecule has 0 saturated carbocycles. The number of piperazine rings is 1. The van der Waals surface area contributed by atoms with Gasteiger partial charge in [0.2, 0.25) is 0 Å². The Hall–Kier alpha value is -2.48. The maximum absolute atomic E-state index is 10.8. The van der Waals surface area contributed by atoms with E-state index in [2.05, 4.69) is 6.07 Å². The molecule has 19 heavy (non-hydrogen) atoms. The summed E-state index contributed by atoms with van der Waals surface area (Å²) < 4.78 is 0. The molecule has 1 aromatic rings. The highest BCUT2D eigenvalue weighted by atomic mass is 16.4. The first-order valence-electron chi connectivity index (χ1n) is 6.10. The lowest BCUT2D eigenvalue weighted by atomic mass is 10.1. The van der Waals surface area contributed by atoms with Crippen molar-refractivity contribution in [2.24, 2.45) is 0 Å². The average Bonchev–Trinajstić information content (AvgIpc) is 2.46. The van der Waals surface area contributed by atoms with Gasteiger partial charge in [-0.1, -0.05) is 30.3 Å². The van der Waals surface area contributed by atoms with Gasteiger partial charge in [0.25, 0.3) is 0 Å². The number of amides is 1. The first-order chi connectivity index (χ1) is 9.20. The summed E-state index contributed by atoms with van der Waals surface area (Å²) in [5.74, 6) is 0. The molecule has 0 bridgehead atoms. The molecule has 1 aromatic carbocycles. The molecule has 1 saturated heterocycles. The fraction of sp³-hybridized carbons (Fsp3) is 0.286. The van der Waals surface area contributed by atoms with E-state index < -0.39 is 6.09 Å². The minimum atomic E-state index is -0.882. The van der Waals surface area contributed by atoms with Crippen molar-refractivity contribution in [3.05, 3.63) is 42.1 Å². The lowest BCUT2D eigenvalue weighted by Crippen LogP contribution is -2.46. The second kappa shape index (κ2) is 5.91. The quantitative estimate of drug-likeness (QED) is 0.821. The van der Waals surface area contributed by atoms with Crippen molar-refractivity contribution in [3.63, 3.8) is 0 Å². The van der Waals surface area contributed by atoms with Crippen LogP contribution in [-0.2, 0) is 0 Å². The van der Waals surface area contributed by atoms with Crippen LogP contribution in [0.5, 0.6) is 0 Å². The van der Waals surface area contributed by atoms with Crippen LogP contribution in [0.25, 0.3) is 5.57 Å². The molecule has 0 spiro atoms. The molecule has 0 radical (unpaired) electrons. The summed E-state index contributed by atoms with van der Waals surface area (Å²) in [7, 11) is 0. The standard InChI is InChI=1S/C14H15N3O2/c15-10-13(12-4-2-1-3-5-12)11-16-6-8-17(9-7-16)14(18)19/h1-5,11H,6-9H2,(H,18,19)/b13-11+. The zero-order valence-corrected chi connectivity index (χ0v) is 10.5. The van der Waals surface area contributed by atoms with Crippen LogP contribution >= 0.6 is 0 Å². The third kappa shape index (κ3) is 3.26. The van der Waals surface area contributed by atoms with E-state index >= 15 is 0 Å². The Balaban J connectivity index is 2.05. The van der Waals surface area contributed by atoms with Crippen LogP contribution in [-0.4, -0.2) is 47.2 Å². The number of nitrogens with zero attached hydrogens (tertiary/aromatic N) is 3. The Bertz CT molecular complexity index is 511. The molecule has 1 aliphatic rings. The van der Waals surface area contributed by atoms with Gasteiger partial charge in [-0.2, -0.15) is 5.26 Å². The molecule has 0 unspecified atom stereocenters. The molecule has 1 N–H and O–H groups in total. The molecule has 2 rings (SSSR count). The van der Waals surface area contributed by atoms with E-state index in [0.717, 1.165) is 5.56 Å². The highest BCUT2D eigenvalue weighted by Crippen LogP contribution is 2.15. The zero-order chi connectivity index (χ0) is 13.7. The Morgan fingerprint density at radius 2 is 1.84 bits per heavy atom. The summed E-state index contributed by atoms with van der Waals surface area (Å²) in [4.78, 5) is 14.2. The molecule has 1 fully saturated rings. The van der Waals surface area contributed by atoms with E-state index in [4.69, 9.17) is 5.11 Å². The predicted molar refractivity (Wildman–Crippen MR) is 71.2 cm³/mol. The summed E-state index contributed by atoms with van der Waals surface area (Å²) in [6.45, 7) is 2.17. The number of hydrogen-bond donors (Lipinski definition) is 1. The van der Waals surface area contributed by atoms with Crippen molar-refractivity contribution in [2.75, 3.05) is 26.2 Å². The summed E-state index contributed by atoms with van der Waals surface area (Å²) in [5, 5.41) is 18.1. The van der Waals surface area contributed by atoms with Crippen LogP contribution in [0.15, 0.2) is 36.5 Å². The van der Waals surface area contributed by atoms with Gasteiger partial charge in [-0.25, -0.2) is 4.79 Å². The maximum atomic E-state index is 10.8. The highest BCUT2D eigenvalue weighted by molar-refractivity contribution is 5.76. The van der Waals surface area contributed by atoms with Crippen LogP contribution in [0, 0.1) is 11.3 Å². The van der Waals surface area contributed by atoms with E-state index in [1.165, 1.54) is 4.90 Å². The molecule has 5 heteroatoms. The third-order valence-corrected chi connectivity index (χ3v) is 3.10. The minimum absolute atomic E-state index is 0.472. The summed E-state index contributed by atoms with van der Waals surface area (Å²) in [6.07, 6.45) is 0.932. The number of benzene rings is 1. The van der Waals surface area contributed by atoms with Crippen molar-refractivity contribution in [3.8, 4) is 6.07 Å². The Morgan fingerprint density at radius 1 is 1.21 bits per heavy atom. The van der Waals surface area contributed by atoms with Crippen LogP contribution < -0.4 is 0 Å². The first-order valence-corrected chi connectivity index (χ1v) is 6.10. The fourth-order valence-electron chi connectivity index (χ4n) is 2.01. The largest absolute Gasteiger partial charge is 0.465 e. The summed E-state index contributed by atoms with van der Waals surface area (Å²) >= 11 is 0. The molecule has 0 aliphatic carbocycles. The Morgan fingerprint density at radius 3 is 2.37 bits per heavy atom. The van der Waals surface area contributed by atoms with Crippen molar-refractivity contribution in [1.82, 2.24) is 9.80 Å². The molecule has 1 amide bonds. The van der Waals surface area contributed by atoms with E-state index in [0.29, 0.717) is 31.8 Å². The Kier molecular flexibility index (Phi) is 4.04. The second-order valence-electron chi connectivity index (χ2n) is 4.33. The van der Waals surface area contributed by atoms with Crippen LogP contribution in [0.4, 0.5) is 4.79 Å². The maximum Gasteiger partial charge on any atom is 0.407 e. The van der Waals surface area contributed by atoms with Crippen molar-refractivity contribution in [2.45, 2.75) is 0 Å². The van der Waals surface area contributed by atoms with Gasteiger partial charge < -0.3 is 14.9 Å². The van der Waals surface area contributed by atoms with Gasteiger partial charge in [0, 0.05) is 32.4 Å². The van der Waals surface area contributed by atoms with E-state index in [1.54, 1.807) is 0 Å². The topological polar surface area (TPSA) is 67.6 Å². The molecule has 1 heterocycles. The molecule has 1 aliphatic heterocycles. The molecule has 5 nitrogen and oxygen atoms in total. The number of hydrogen-bond acceptors (Lipinski definition) is 3. The normalized spacial score (nSPS) is 16.1. The smallest absolute Gasteiger partial charge is 0.407 e. The molecule has 0 aromatic heterocycles. The van der Waals surface area contributed by atoms with Crippen LogP contribution in [0.1, 0.15) is 5.56 Å². The van der Waals surface area contributed by atoms with Crippen molar-refractivity contribution in [1.29, 1.82) is 5.26 Å². The zero-order valence-electron chi connectivity index (χ0n) is 10.5. The second-order valence-corrected chi connectivity index (χ2v) is 4.33. The predicted octanol–water partition coefficient (Wildman–Crippen LogP) is 1.85. The number of carbonyl (C=O) groups is 1. The lowest BCUT2D eigenvalue weighted by Gasteiger charge is -2.32. The molecule has 98 valence electrons. The van der Waals surface area contributed by atoms with Crippen LogP contribution in [0.2, 0.25) is 0 Å². The molecule has 0 atom stereocenters. The number of allylic oxidation sites excluding steroid dienone is 1. The Labute approximate surface area is 112 Å². The fourth-order valence-corrected chi connectivity index (χ4v) is 2.01. The highest BCUT2D eigenvalue weighted by Gasteiger charge is 2.18. The number of carboxylic acid groups (broad SMARTS) is 1. The summed E-state index contributed by atoms with van der Waals surface area (Å²) in [6, 6.07) is 11.7. The third-order valence-electron chi connectivity index (χ3n) is 3.10. The number of rotatable bonds is 2.